The van der Waals surface area contributed by atoms with Gasteiger partial charge in [0.2, 0.25) is 17.6 Å². The minimum absolute atomic E-state index is 0.145. The highest BCUT2D eigenvalue weighted by molar-refractivity contribution is 5.95. The molecule has 0 aliphatic rings. The fraction of sp³-hybridized carbons (Fsp3) is 0.300. The number of carbonyl (C=O) groups is 2. The lowest BCUT2D eigenvalue weighted by Gasteiger charge is -2.14. The van der Waals surface area contributed by atoms with Gasteiger partial charge in [-0.2, -0.15) is 0 Å². The molecule has 2 aromatic carbocycles. The van der Waals surface area contributed by atoms with Crippen LogP contribution in [0.2, 0.25) is 0 Å². The third-order valence-electron chi connectivity index (χ3n) is 3.74. The highest BCUT2D eigenvalue weighted by Crippen LogP contribution is 2.39. The number of para-hydroxylation sites is 1. The lowest BCUT2D eigenvalue weighted by molar-refractivity contribution is -0.124. The Bertz CT molecular complexity index is 770. The molecule has 0 aromatic heterocycles. The molecule has 2 aromatic rings. The van der Waals surface area contributed by atoms with Crippen LogP contribution in [-0.2, 0) is 9.59 Å². The lowest BCUT2D eigenvalue weighted by Crippen LogP contribution is -2.33. The highest BCUT2D eigenvalue weighted by atomic mass is 16.5. The van der Waals surface area contributed by atoms with E-state index >= 15 is 0 Å². The maximum Gasteiger partial charge on any atom is 0.243 e. The summed E-state index contributed by atoms with van der Waals surface area (Å²) in [6, 6.07) is 12.4. The van der Waals surface area contributed by atoms with Crippen molar-refractivity contribution in [3.05, 3.63) is 42.5 Å². The number of ether oxygens (including phenoxy) is 4. The van der Waals surface area contributed by atoms with Crippen LogP contribution >= 0.6 is 0 Å². The summed E-state index contributed by atoms with van der Waals surface area (Å²) < 4.78 is 21.2. The fourth-order valence-electron chi connectivity index (χ4n) is 2.40. The van der Waals surface area contributed by atoms with Crippen molar-refractivity contribution in [3.8, 4) is 23.0 Å². The number of anilines is 1. The molecule has 0 aliphatic carbocycles. The van der Waals surface area contributed by atoms with E-state index in [1.54, 1.807) is 12.1 Å². The summed E-state index contributed by atoms with van der Waals surface area (Å²) in [5.74, 6) is 1.28. The number of amides is 2. The molecule has 8 nitrogen and oxygen atoms in total. The quantitative estimate of drug-likeness (QED) is 0.648. The Morgan fingerprint density at radius 3 is 2.11 bits per heavy atom. The smallest absolute Gasteiger partial charge is 0.243 e. The number of nitrogens with one attached hydrogen (secondary N) is 2. The Labute approximate surface area is 163 Å². The first-order valence-corrected chi connectivity index (χ1v) is 8.61. The maximum atomic E-state index is 12.1. The van der Waals surface area contributed by atoms with Crippen LogP contribution in [-0.4, -0.2) is 46.3 Å². The van der Waals surface area contributed by atoms with Gasteiger partial charge in [0.1, 0.15) is 5.75 Å². The molecule has 2 N–H and O–H groups in total. The first-order valence-electron chi connectivity index (χ1n) is 8.61. The molecule has 0 atom stereocenters. The van der Waals surface area contributed by atoms with Crippen molar-refractivity contribution >= 4 is 17.5 Å². The first-order chi connectivity index (χ1) is 13.6. The van der Waals surface area contributed by atoms with Crippen molar-refractivity contribution in [2.45, 2.75) is 6.42 Å². The average Bonchev–Trinajstić information content (AvgIpc) is 2.72. The summed E-state index contributed by atoms with van der Waals surface area (Å²) >= 11 is 0. The summed E-state index contributed by atoms with van der Waals surface area (Å²) in [5.41, 5.74) is 0.459. The summed E-state index contributed by atoms with van der Waals surface area (Å²) in [5, 5.41) is 5.23. The zero-order valence-electron chi connectivity index (χ0n) is 16.1. The molecule has 2 amide bonds. The normalized spacial score (nSPS) is 9.96. The predicted molar refractivity (Wildman–Crippen MR) is 104 cm³/mol. The number of rotatable bonds is 10. The minimum atomic E-state index is -0.383. The molecular weight excluding hydrogens is 364 g/mol. The van der Waals surface area contributed by atoms with Crippen LogP contribution < -0.4 is 29.6 Å². The zero-order chi connectivity index (χ0) is 20.4. The van der Waals surface area contributed by atoms with Gasteiger partial charge in [0.25, 0.3) is 0 Å². The van der Waals surface area contributed by atoms with Crippen LogP contribution in [0.15, 0.2) is 42.5 Å². The Morgan fingerprint density at radius 1 is 0.893 bits per heavy atom. The van der Waals surface area contributed by atoms with E-state index in [9.17, 15) is 9.59 Å². The number of benzene rings is 2. The highest BCUT2D eigenvalue weighted by Gasteiger charge is 2.14. The van der Waals surface area contributed by atoms with Crippen LogP contribution in [0, 0.1) is 0 Å². The predicted octanol–water partition coefficient (Wildman–Crippen LogP) is 2.24. The standard InChI is InChI=1S/C20H24N2O6/c1-25-16-11-14(12-17(26-2)20(16)27-3)22-19(24)13-21-18(23)9-10-28-15-7-5-4-6-8-15/h4-8,11-12H,9-10,13H2,1-3H3,(H,21,23)(H,22,24). The first kappa shape index (κ1) is 20.9. The number of methoxy groups -OCH3 is 3. The monoisotopic (exact) mass is 388 g/mol. The van der Waals surface area contributed by atoms with Crippen molar-refractivity contribution in [1.82, 2.24) is 5.32 Å². The third kappa shape index (κ3) is 6.08. The molecule has 150 valence electrons. The molecule has 0 unspecified atom stereocenters. The summed E-state index contributed by atoms with van der Waals surface area (Å²) in [6.07, 6.45) is 0.145. The SMILES string of the molecule is COc1cc(NC(=O)CNC(=O)CCOc2ccccc2)cc(OC)c1OC. The van der Waals surface area contributed by atoms with Gasteiger partial charge in [-0.05, 0) is 12.1 Å². The van der Waals surface area contributed by atoms with E-state index in [0.717, 1.165) is 0 Å². The molecule has 0 bridgehead atoms. The molecule has 0 fully saturated rings. The second-order valence-electron chi connectivity index (χ2n) is 5.65. The number of hydrogen-bond donors (Lipinski definition) is 2. The Hall–Kier alpha value is -3.42. The van der Waals surface area contributed by atoms with Gasteiger partial charge in [0.05, 0.1) is 40.9 Å². The average molecular weight is 388 g/mol. The second-order valence-corrected chi connectivity index (χ2v) is 5.65. The minimum Gasteiger partial charge on any atom is -0.493 e. The second kappa shape index (κ2) is 10.7. The topological polar surface area (TPSA) is 95.1 Å². The number of hydrogen-bond acceptors (Lipinski definition) is 6. The van der Waals surface area contributed by atoms with Crippen molar-refractivity contribution in [1.29, 1.82) is 0 Å². The van der Waals surface area contributed by atoms with Crippen LogP contribution in [0.3, 0.4) is 0 Å². The van der Waals surface area contributed by atoms with E-state index < -0.39 is 0 Å². The van der Waals surface area contributed by atoms with E-state index in [4.69, 9.17) is 18.9 Å². The van der Waals surface area contributed by atoms with Gasteiger partial charge >= 0.3 is 0 Å². The zero-order valence-corrected chi connectivity index (χ0v) is 16.1. The largest absolute Gasteiger partial charge is 0.493 e. The lowest BCUT2D eigenvalue weighted by atomic mass is 10.2. The van der Waals surface area contributed by atoms with E-state index in [2.05, 4.69) is 10.6 Å². The molecule has 28 heavy (non-hydrogen) atoms. The molecule has 0 heterocycles. The molecule has 0 radical (unpaired) electrons. The molecule has 0 spiro atoms. The molecular formula is C20H24N2O6. The van der Waals surface area contributed by atoms with Gasteiger partial charge in [0.15, 0.2) is 11.5 Å². The number of carbonyl (C=O) groups excluding carboxylic acids is 2. The van der Waals surface area contributed by atoms with Crippen LogP contribution in [0.25, 0.3) is 0 Å². The molecule has 0 aliphatic heterocycles. The van der Waals surface area contributed by atoms with Gasteiger partial charge in [-0.15, -0.1) is 0 Å². The van der Waals surface area contributed by atoms with E-state index in [0.29, 0.717) is 28.7 Å². The molecule has 0 saturated carbocycles. The Kier molecular flexibility index (Phi) is 7.95. The summed E-state index contributed by atoms with van der Waals surface area (Å²) in [7, 11) is 4.47. The Balaban J connectivity index is 1.81. The van der Waals surface area contributed by atoms with Crippen molar-refractivity contribution < 1.29 is 28.5 Å². The van der Waals surface area contributed by atoms with Crippen LogP contribution in [0.4, 0.5) is 5.69 Å². The van der Waals surface area contributed by atoms with Gasteiger partial charge in [-0.25, -0.2) is 0 Å². The fourth-order valence-corrected chi connectivity index (χ4v) is 2.40. The van der Waals surface area contributed by atoms with Crippen molar-refractivity contribution in [3.63, 3.8) is 0 Å². The molecule has 8 heteroatoms. The van der Waals surface area contributed by atoms with E-state index in [1.807, 2.05) is 30.3 Å². The van der Waals surface area contributed by atoms with Crippen molar-refractivity contribution in [2.75, 3.05) is 39.8 Å². The third-order valence-corrected chi connectivity index (χ3v) is 3.74. The van der Waals surface area contributed by atoms with Gasteiger partial charge < -0.3 is 29.6 Å². The van der Waals surface area contributed by atoms with Gasteiger partial charge in [0, 0.05) is 17.8 Å². The van der Waals surface area contributed by atoms with E-state index in [1.165, 1.54) is 21.3 Å². The molecule has 2 rings (SSSR count). The van der Waals surface area contributed by atoms with Crippen LogP contribution in [0.5, 0.6) is 23.0 Å². The summed E-state index contributed by atoms with van der Waals surface area (Å²) in [4.78, 5) is 23.9. The maximum absolute atomic E-state index is 12.1. The van der Waals surface area contributed by atoms with E-state index in [-0.39, 0.29) is 31.4 Å². The van der Waals surface area contributed by atoms with Gasteiger partial charge in [-0.1, -0.05) is 18.2 Å². The van der Waals surface area contributed by atoms with Crippen molar-refractivity contribution in [2.24, 2.45) is 0 Å². The van der Waals surface area contributed by atoms with Crippen LogP contribution in [0.1, 0.15) is 6.42 Å². The summed E-state index contributed by atoms with van der Waals surface area (Å²) in [6.45, 7) is 0.0607. The Morgan fingerprint density at radius 2 is 1.54 bits per heavy atom. The molecule has 0 saturated heterocycles. The van der Waals surface area contributed by atoms with Gasteiger partial charge in [-0.3, -0.25) is 9.59 Å².